The number of carbonyl (C=O) groups is 2. The Hall–Kier alpha value is -3.48. The van der Waals surface area contributed by atoms with E-state index in [0.29, 0.717) is 30.5 Å². The Morgan fingerprint density at radius 1 is 1.07 bits per heavy atom. The lowest BCUT2D eigenvalue weighted by Crippen LogP contribution is -2.43. The molecule has 1 amide bonds. The second kappa shape index (κ2) is 7.87. The molecule has 1 aromatic heterocycles. The maximum atomic E-state index is 13.1. The van der Waals surface area contributed by atoms with Gasteiger partial charge in [0.05, 0.1) is 5.92 Å². The van der Waals surface area contributed by atoms with Crippen LogP contribution < -0.4 is 10.4 Å². The van der Waals surface area contributed by atoms with Gasteiger partial charge >= 0.3 is 11.6 Å². The predicted octanol–water partition coefficient (Wildman–Crippen LogP) is 3.39. The number of benzene rings is 2. The first-order chi connectivity index (χ1) is 14.0. The summed E-state index contributed by atoms with van der Waals surface area (Å²) in [4.78, 5) is 38.2. The monoisotopic (exact) mass is 395 g/mol. The number of rotatable bonds is 3. The number of ether oxygens (including phenoxy) is 1. The molecule has 29 heavy (non-hydrogen) atoms. The average Bonchev–Trinajstić information content (AvgIpc) is 2.73. The maximum absolute atomic E-state index is 13.1. The van der Waals surface area contributed by atoms with E-state index in [9.17, 15) is 18.8 Å². The molecule has 0 saturated carbocycles. The van der Waals surface area contributed by atoms with Crippen LogP contribution in [0.2, 0.25) is 0 Å². The minimum absolute atomic E-state index is 0.234. The molecule has 148 valence electrons. The summed E-state index contributed by atoms with van der Waals surface area (Å²) in [7, 11) is 0. The van der Waals surface area contributed by atoms with Crippen molar-refractivity contribution in [2.45, 2.75) is 12.8 Å². The molecule has 0 aliphatic carbocycles. The molecular weight excluding hydrogens is 377 g/mol. The molecule has 4 rings (SSSR count). The largest absolute Gasteiger partial charge is 0.426 e. The number of carbonyl (C=O) groups excluding carboxylic acids is 2. The van der Waals surface area contributed by atoms with Crippen molar-refractivity contribution in [1.29, 1.82) is 0 Å². The van der Waals surface area contributed by atoms with Gasteiger partial charge in [-0.2, -0.15) is 0 Å². The summed E-state index contributed by atoms with van der Waals surface area (Å²) in [6, 6.07) is 13.1. The van der Waals surface area contributed by atoms with Crippen molar-refractivity contribution >= 4 is 22.8 Å². The molecule has 0 spiro atoms. The predicted molar refractivity (Wildman–Crippen MR) is 103 cm³/mol. The summed E-state index contributed by atoms with van der Waals surface area (Å²) in [5, 5.41) is 0.720. The zero-order valence-corrected chi connectivity index (χ0v) is 15.5. The van der Waals surface area contributed by atoms with E-state index in [1.54, 1.807) is 23.1 Å². The SMILES string of the molecule is O=C(Oc1ccc2ccc(=O)oc2c1)C1CCCN(C(=O)c2ccc(F)cc2)C1. The van der Waals surface area contributed by atoms with Gasteiger partial charge in [-0.15, -0.1) is 0 Å². The number of fused-ring (bicyclic) bond motifs is 1. The molecule has 0 bridgehead atoms. The van der Waals surface area contributed by atoms with Gasteiger partial charge in [-0.25, -0.2) is 9.18 Å². The lowest BCUT2D eigenvalue weighted by atomic mass is 9.97. The van der Waals surface area contributed by atoms with Crippen LogP contribution in [0.1, 0.15) is 23.2 Å². The zero-order valence-electron chi connectivity index (χ0n) is 15.5. The fraction of sp³-hybridized carbons (Fsp3) is 0.227. The van der Waals surface area contributed by atoms with E-state index in [4.69, 9.17) is 9.15 Å². The fourth-order valence-electron chi connectivity index (χ4n) is 3.43. The van der Waals surface area contributed by atoms with E-state index in [0.717, 1.165) is 5.39 Å². The van der Waals surface area contributed by atoms with Gasteiger partial charge < -0.3 is 14.1 Å². The Bertz CT molecular complexity index is 1120. The number of amides is 1. The van der Waals surface area contributed by atoms with E-state index in [2.05, 4.69) is 0 Å². The van der Waals surface area contributed by atoms with E-state index < -0.39 is 23.3 Å². The van der Waals surface area contributed by atoms with E-state index in [1.807, 2.05) is 0 Å². The maximum Gasteiger partial charge on any atom is 0.336 e. The smallest absolute Gasteiger partial charge is 0.336 e. The van der Waals surface area contributed by atoms with Crippen molar-refractivity contribution in [3.8, 4) is 5.75 Å². The molecule has 1 fully saturated rings. The topological polar surface area (TPSA) is 76.8 Å². The van der Waals surface area contributed by atoms with Crippen LogP contribution in [0.5, 0.6) is 5.75 Å². The Kier molecular flexibility index (Phi) is 5.12. The second-order valence-electron chi connectivity index (χ2n) is 6.97. The van der Waals surface area contributed by atoms with Crippen LogP contribution in [0, 0.1) is 11.7 Å². The molecule has 1 unspecified atom stereocenters. The Balaban J connectivity index is 1.45. The van der Waals surface area contributed by atoms with E-state index in [-0.39, 0.29) is 18.2 Å². The Morgan fingerprint density at radius 3 is 2.62 bits per heavy atom. The molecule has 0 radical (unpaired) electrons. The van der Waals surface area contributed by atoms with Gasteiger partial charge in [0.1, 0.15) is 17.1 Å². The highest BCUT2D eigenvalue weighted by atomic mass is 19.1. The highest BCUT2D eigenvalue weighted by Gasteiger charge is 2.30. The number of hydrogen-bond acceptors (Lipinski definition) is 5. The van der Waals surface area contributed by atoms with E-state index in [1.165, 1.54) is 36.4 Å². The number of halogens is 1. The molecule has 1 saturated heterocycles. The quantitative estimate of drug-likeness (QED) is 0.386. The number of piperidine rings is 1. The van der Waals surface area contributed by atoms with Crippen molar-refractivity contribution in [3.05, 3.63) is 76.4 Å². The van der Waals surface area contributed by atoms with Gasteiger partial charge in [0, 0.05) is 36.2 Å². The van der Waals surface area contributed by atoms with Crippen molar-refractivity contribution in [3.63, 3.8) is 0 Å². The Morgan fingerprint density at radius 2 is 1.83 bits per heavy atom. The van der Waals surface area contributed by atoms with E-state index >= 15 is 0 Å². The first-order valence-corrected chi connectivity index (χ1v) is 9.30. The number of likely N-dealkylation sites (tertiary alicyclic amines) is 1. The second-order valence-corrected chi connectivity index (χ2v) is 6.97. The first kappa shape index (κ1) is 18.9. The first-order valence-electron chi connectivity index (χ1n) is 9.30. The fourth-order valence-corrected chi connectivity index (χ4v) is 3.43. The van der Waals surface area contributed by atoms with Crippen LogP contribution in [0.15, 0.2) is 63.8 Å². The minimum atomic E-state index is -0.483. The summed E-state index contributed by atoms with van der Waals surface area (Å²) in [5.41, 5.74) is 0.229. The third kappa shape index (κ3) is 4.18. The van der Waals surface area contributed by atoms with Gasteiger partial charge in [0.25, 0.3) is 5.91 Å². The van der Waals surface area contributed by atoms with Crippen molar-refractivity contribution < 1.29 is 23.1 Å². The normalized spacial score (nSPS) is 16.6. The molecule has 3 aromatic rings. The molecule has 7 heteroatoms. The molecule has 1 aliphatic heterocycles. The van der Waals surface area contributed by atoms with Crippen LogP contribution >= 0.6 is 0 Å². The molecule has 2 aromatic carbocycles. The molecule has 1 atom stereocenters. The van der Waals surface area contributed by atoms with Crippen LogP contribution in [-0.4, -0.2) is 29.9 Å². The third-order valence-corrected chi connectivity index (χ3v) is 4.95. The van der Waals surface area contributed by atoms with Gasteiger partial charge in [0.2, 0.25) is 0 Å². The number of hydrogen-bond donors (Lipinski definition) is 0. The van der Waals surface area contributed by atoms with Crippen LogP contribution in [0.25, 0.3) is 11.0 Å². The third-order valence-electron chi connectivity index (χ3n) is 4.95. The van der Waals surface area contributed by atoms with Crippen LogP contribution in [0.3, 0.4) is 0 Å². The van der Waals surface area contributed by atoms with Crippen molar-refractivity contribution in [2.75, 3.05) is 13.1 Å². The lowest BCUT2D eigenvalue weighted by Gasteiger charge is -2.31. The lowest BCUT2D eigenvalue weighted by molar-refractivity contribution is -0.140. The standard InChI is InChI=1S/C22H18FNO5/c23-17-7-3-15(4-8-17)21(26)24-11-1-2-16(13-24)22(27)28-18-9-5-14-6-10-20(25)29-19(14)12-18/h3-10,12,16H,1-2,11,13H2. The van der Waals surface area contributed by atoms with Gasteiger partial charge in [0.15, 0.2) is 0 Å². The minimum Gasteiger partial charge on any atom is -0.426 e. The summed E-state index contributed by atoms with van der Waals surface area (Å²) in [6.45, 7) is 0.763. The molecular formula is C22H18FNO5. The summed E-state index contributed by atoms with van der Waals surface area (Å²) < 4.78 is 23.6. The van der Waals surface area contributed by atoms with Crippen molar-refractivity contribution in [2.24, 2.45) is 5.92 Å². The molecule has 0 N–H and O–H groups in total. The van der Waals surface area contributed by atoms with Crippen molar-refractivity contribution in [1.82, 2.24) is 4.90 Å². The summed E-state index contributed by atoms with van der Waals surface area (Å²) in [6.07, 6.45) is 1.27. The van der Waals surface area contributed by atoms with Crippen LogP contribution in [-0.2, 0) is 4.79 Å². The van der Waals surface area contributed by atoms with Gasteiger partial charge in [-0.3, -0.25) is 9.59 Å². The molecule has 6 nitrogen and oxygen atoms in total. The summed E-state index contributed by atoms with van der Waals surface area (Å²) >= 11 is 0. The highest BCUT2D eigenvalue weighted by Crippen LogP contribution is 2.24. The Labute approximate surface area is 165 Å². The number of nitrogens with zero attached hydrogens (tertiary/aromatic N) is 1. The summed E-state index contributed by atoms with van der Waals surface area (Å²) in [5.74, 6) is -1.28. The zero-order chi connectivity index (χ0) is 20.4. The van der Waals surface area contributed by atoms with Crippen LogP contribution in [0.4, 0.5) is 4.39 Å². The van der Waals surface area contributed by atoms with Gasteiger partial charge in [-0.1, -0.05) is 0 Å². The molecule has 2 heterocycles. The highest BCUT2D eigenvalue weighted by molar-refractivity contribution is 5.94. The molecule has 1 aliphatic rings. The average molecular weight is 395 g/mol. The number of esters is 1. The van der Waals surface area contributed by atoms with Gasteiger partial charge in [-0.05, 0) is 55.3 Å².